The smallest absolute Gasteiger partial charge is 0.240 e. The molecule has 2 heterocycles. The van der Waals surface area contributed by atoms with Crippen LogP contribution in [0.4, 0.5) is 10.8 Å². The molecule has 4 rings (SSSR count). The highest BCUT2D eigenvalue weighted by Gasteiger charge is 2.21. The first kappa shape index (κ1) is 22.9. The van der Waals surface area contributed by atoms with Gasteiger partial charge in [-0.05, 0) is 37.3 Å². The summed E-state index contributed by atoms with van der Waals surface area (Å²) in [5.41, 5.74) is 2.61. The number of anilines is 2. The number of hydrogen-bond acceptors (Lipinski definition) is 6. The lowest BCUT2D eigenvalue weighted by Gasteiger charge is -2.36. The number of thiazole rings is 1. The molecule has 1 aromatic heterocycles. The maximum Gasteiger partial charge on any atom is 0.240 e. The Bertz CT molecular complexity index is 1080. The summed E-state index contributed by atoms with van der Waals surface area (Å²) >= 11 is 13.6. The van der Waals surface area contributed by atoms with Gasteiger partial charge in [0.15, 0.2) is 5.13 Å². The Morgan fingerprint density at radius 2 is 1.94 bits per heavy atom. The van der Waals surface area contributed by atoms with Crippen molar-refractivity contribution >= 4 is 51.3 Å². The molecule has 0 atom stereocenters. The van der Waals surface area contributed by atoms with E-state index in [0.29, 0.717) is 34.0 Å². The standard InChI is InChI=1S/C23H24Cl2N4O2S/c1-2-31-21-6-4-3-5-20(21)29-11-9-28(10-12-29)14-22(30)27-23-26-19(15-32-23)17-8-7-16(24)13-18(17)25/h3-8,13,15H,2,9-12,14H2,1H3,(H,26,27,30). The third kappa shape index (κ3) is 5.53. The van der Waals surface area contributed by atoms with E-state index in [1.807, 2.05) is 36.6 Å². The van der Waals surface area contributed by atoms with Crippen molar-refractivity contribution in [3.05, 3.63) is 57.9 Å². The quantitative estimate of drug-likeness (QED) is 0.488. The van der Waals surface area contributed by atoms with E-state index in [0.717, 1.165) is 43.2 Å². The van der Waals surface area contributed by atoms with E-state index in [4.69, 9.17) is 27.9 Å². The molecule has 3 aromatic rings. The first-order valence-corrected chi connectivity index (χ1v) is 12.1. The zero-order valence-corrected chi connectivity index (χ0v) is 20.0. The Kier molecular flexibility index (Phi) is 7.52. The van der Waals surface area contributed by atoms with Gasteiger partial charge in [-0.25, -0.2) is 4.98 Å². The number of aromatic nitrogens is 1. The van der Waals surface area contributed by atoms with Crippen LogP contribution < -0.4 is 15.0 Å². The molecule has 9 heteroatoms. The number of halogens is 2. The van der Waals surface area contributed by atoms with E-state index in [-0.39, 0.29) is 5.91 Å². The third-order valence-electron chi connectivity index (χ3n) is 5.20. The number of rotatable bonds is 7. The SMILES string of the molecule is CCOc1ccccc1N1CCN(CC(=O)Nc2nc(-c3ccc(Cl)cc3Cl)cs2)CC1. The highest BCUT2D eigenvalue weighted by atomic mass is 35.5. The fourth-order valence-electron chi connectivity index (χ4n) is 3.66. The number of para-hydroxylation sites is 2. The molecule has 1 aliphatic rings. The van der Waals surface area contributed by atoms with Gasteiger partial charge in [-0.1, -0.05) is 35.3 Å². The molecule has 32 heavy (non-hydrogen) atoms. The number of carbonyl (C=O) groups is 1. The number of nitrogens with zero attached hydrogens (tertiary/aromatic N) is 3. The molecule has 0 radical (unpaired) electrons. The largest absolute Gasteiger partial charge is 0.492 e. The van der Waals surface area contributed by atoms with Crippen molar-refractivity contribution < 1.29 is 9.53 Å². The summed E-state index contributed by atoms with van der Waals surface area (Å²) in [6, 6.07) is 13.4. The zero-order chi connectivity index (χ0) is 22.5. The van der Waals surface area contributed by atoms with Crippen LogP contribution in [0.3, 0.4) is 0 Å². The van der Waals surface area contributed by atoms with Crippen molar-refractivity contribution in [3.8, 4) is 17.0 Å². The van der Waals surface area contributed by atoms with Crippen LogP contribution >= 0.6 is 34.5 Å². The normalized spacial score (nSPS) is 14.4. The van der Waals surface area contributed by atoms with Crippen LogP contribution in [0.5, 0.6) is 5.75 Å². The van der Waals surface area contributed by atoms with Gasteiger partial charge in [-0.2, -0.15) is 0 Å². The van der Waals surface area contributed by atoms with Crippen molar-refractivity contribution in [3.63, 3.8) is 0 Å². The first-order chi connectivity index (χ1) is 15.5. The summed E-state index contributed by atoms with van der Waals surface area (Å²) in [4.78, 5) is 21.5. The van der Waals surface area contributed by atoms with Crippen LogP contribution in [-0.2, 0) is 4.79 Å². The van der Waals surface area contributed by atoms with Crippen LogP contribution in [0.25, 0.3) is 11.3 Å². The molecular formula is C23H24Cl2N4O2S. The third-order valence-corrected chi connectivity index (χ3v) is 6.51. The Morgan fingerprint density at radius 3 is 2.69 bits per heavy atom. The summed E-state index contributed by atoms with van der Waals surface area (Å²) in [5.74, 6) is 0.831. The highest BCUT2D eigenvalue weighted by Crippen LogP contribution is 2.32. The van der Waals surface area contributed by atoms with Crippen molar-refractivity contribution in [2.24, 2.45) is 0 Å². The van der Waals surface area contributed by atoms with Gasteiger partial charge in [0.1, 0.15) is 5.75 Å². The molecule has 0 saturated carbocycles. The van der Waals surface area contributed by atoms with E-state index in [9.17, 15) is 4.79 Å². The van der Waals surface area contributed by atoms with Gasteiger partial charge in [0.25, 0.3) is 0 Å². The molecule has 1 saturated heterocycles. The summed E-state index contributed by atoms with van der Waals surface area (Å²) in [5, 5.41) is 6.44. The van der Waals surface area contributed by atoms with Gasteiger partial charge in [0, 0.05) is 42.1 Å². The number of amides is 1. The molecule has 0 bridgehead atoms. The lowest BCUT2D eigenvalue weighted by atomic mass is 10.2. The average Bonchev–Trinajstić information content (AvgIpc) is 3.23. The summed E-state index contributed by atoms with van der Waals surface area (Å²) in [6.45, 7) is 6.25. The van der Waals surface area contributed by atoms with Crippen molar-refractivity contribution in [1.29, 1.82) is 0 Å². The van der Waals surface area contributed by atoms with E-state index in [2.05, 4.69) is 26.2 Å². The van der Waals surface area contributed by atoms with E-state index >= 15 is 0 Å². The summed E-state index contributed by atoms with van der Waals surface area (Å²) in [7, 11) is 0. The van der Waals surface area contributed by atoms with Crippen molar-refractivity contribution in [2.45, 2.75) is 6.92 Å². The van der Waals surface area contributed by atoms with Crippen LogP contribution in [0.15, 0.2) is 47.8 Å². The second kappa shape index (κ2) is 10.5. The molecule has 1 fully saturated rings. The van der Waals surface area contributed by atoms with Gasteiger partial charge in [-0.15, -0.1) is 11.3 Å². The lowest BCUT2D eigenvalue weighted by Crippen LogP contribution is -2.48. The number of piperazine rings is 1. The summed E-state index contributed by atoms with van der Waals surface area (Å²) in [6.07, 6.45) is 0. The number of carbonyl (C=O) groups excluding carboxylic acids is 1. The predicted molar refractivity (Wildman–Crippen MR) is 132 cm³/mol. The minimum atomic E-state index is -0.0729. The molecule has 2 aromatic carbocycles. The minimum Gasteiger partial charge on any atom is -0.492 e. The number of hydrogen-bond donors (Lipinski definition) is 1. The predicted octanol–water partition coefficient (Wildman–Crippen LogP) is 5.28. The maximum atomic E-state index is 12.6. The van der Waals surface area contributed by atoms with Crippen LogP contribution in [0.1, 0.15) is 6.92 Å². The molecule has 6 nitrogen and oxygen atoms in total. The van der Waals surface area contributed by atoms with Gasteiger partial charge in [-0.3, -0.25) is 9.69 Å². The highest BCUT2D eigenvalue weighted by molar-refractivity contribution is 7.14. The van der Waals surface area contributed by atoms with Gasteiger partial charge in [0.2, 0.25) is 5.91 Å². The number of nitrogens with one attached hydrogen (secondary N) is 1. The number of benzene rings is 2. The Hall–Kier alpha value is -2.32. The second-order valence-electron chi connectivity index (χ2n) is 7.37. The lowest BCUT2D eigenvalue weighted by molar-refractivity contribution is -0.117. The van der Waals surface area contributed by atoms with Gasteiger partial charge in [0.05, 0.1) is 29.6 Å². The summed E-state index contributed by atoms with van der Waals surface area (Å²) < 4.78 is 5.76. The van der Waals surface area contributed by atoms with E-state index < -0.39 is 0 Å². The van der Waals surface area contributed by atoms with Crippen LogP contribution in [0, 0.1) is 0 Å². The molecule has 0 unspecified atom stereocenters. The van der Waals surface area contributed by atoms with Gasteiger partial charge >= 0.3 is 0 Å². The van der Waals surface area contributed by atoms with Crippen LogP contribution in [0.2, 0.25) is 10.0 Å². The topological polar surface area (TPSA) is 57.7 Å². The van der Waals surface area contributed by atoms with Crippen molar-refractivity contribution in [1.82, 2.24) is 9.88 Å². The molecular weight excluding hydrogens is 467 g/mol. The average molecular weight is 491 g/mol. The second-order valence-corrected chi connectivity index (χ2v) is 9.08. The molecule has 168 valence electrons. The zero-order valence-electron chi connectivity index (χ0n) is 17.7. The molecule has 0 aliphatic carbocycles. The molecule has 1 N–H and O–H groups in total. The maximum absolute atomic E-state index is 12.6. The molecule has 0 spiro atoms. The Labute approximate surface area is 201 Å². The van der Waals surface area contributed by atoms with E-state index in [1.165, 1.54) is 11.3 Å². The number of ether oxygens (including phenoxy) is 1. The van der Waals surface area contributed by atoms with Crippen LogP contribution in [-0.4, -0.2) is 55.1 Å². The fourth-order valence-corrected chi connectivity index (χ4v) is 4.89. The molecule has 1 aliphatic heterocycles. The monoisotopic (exact) mass is 490 g/mol. The minimum absolute atomic E-state index is 0.0729. The van der Waals surface area contributed by atoms with Gasteiger partial charge < -0.3 is 15.0 Å². The fraction of sp³-hybridized carbons (Fsp3) is 0.304. The first-order valence-electron chi connectivity index (χ1n) is 10.4. The Morgan fingerprint density at radius 1 is 1.16 bits per heavy atom. The Balaban J connectivity index is 1.30. The van der Waals surface area contributed by atoms with Crippen molar-refractivity contribution in [2.75, 3.05) is 49.5 Å². The van der Waals surface area contributed by atoms with E-state index in [1.54, 1.807) is 12.1 Å². The molecule has 1 amide bonds.